The number of aromatic nitrogens is 8. The van der Waals surface area contributed by atoms with E-state index in [9.17, 15) is 0 Å². The molecular formula is C8H13N9O. The quantitative estimate of drug-likeness (QED) is 0.655. The lowest BCUT2D eigenvalue weighted by molar-refractivity contribution is 0.194. The molecule has 10 heteroatoms. The fraction of sp³-hybridized carbons (Fsp3) is 0.750. The van der Waals surface area contributed by atoms with E-state index in [1.165, 1.54) is 4.68 Å². The normalized spacial score (nSPS) is 17.2. The van der Waals surface area contributed by atoms with Crippen LogP contribution in [0.4, 0.5) is 0 Å². The van der Waals surface area contributed by atoms with Crippen LogP contribution in [-0.2, 0) is 6.73 Å². The van der Waals surface area contributed by atoms with E-state index in [2.05, 4.69) is 36.4 Å². The number of piperidine rings is 1. The minimum atomic E-state index is -0.304. The molecule has 0 spiro atoms. The zero-order valence-electron chi connectivity index (χ0n) is 9.64. The lowest BCUT2D eigenvalue weighted by Gasteiger charge is -2.22. The average Bonchev–Trinajstić information content (AvgIpc) is 3.07. The van der Waals surface area contributed by atoms with Gasteiger partial charge in [-0.05, 0) is 46.8 Å². The number of hydrogen-bond acceptors (Lipinski definition) is 8. The summed E-state index contributed by atoms with van der Waals surface area (Å²) >= 11 is 0. The highest BCUT2D eigenvalue weighted by Crippen LogP contribution is 2.22. The van der Waals surface area contributed by atoms with Crippen molar-refractivity contribution in [2.45, 2.75) is 25.6 Å². The second-order valence-electron chi connectivity index (χ2n) is 4.07. The highest BCUT2D eigenvalue weighted by molar-refractivity contribution is 5.41. The third-order valence-electron chi connectivity index (χ3n) is 3.01. The van der Waals surface area contributed by atoms with Gasteiger partial charge in [-0.25, -0.2) is 4.68 Å². The van der Waals surface area contributed by atoms with Crippen molar-refractivity contribution in [3.63, 3.8) is 0 Å². The maximum atomic E-state index is 9.14. The molecule has 1 fully saturated rings. The standard InChI is InChI=1S/C8H13N9O/c18-5-16-7(10-12-14-16)8-11-13-15-17(8)6-1-3-9-4-2-6/h6,9,18H,1-5H2. The van der Waals surface area contributed by atoms with Crippen LogP contribution in [-0.4, -0.2) is 58.6 Å². The number of aliphatic hydroxyl groups is 1. The molecule has 0 radical (unpaired) electrons. The predicted molar refractivity (Wildman–Crippen MR) is 58.0 cm³/mol. The number of nitrogens with one attached hydrogen (secondary N) is 1. The van der Waals surface area contributed by atoms with Gasteiger partial charge in [0, 0.05) is 0 Å². The van der Waals surface area contributed by atoms with E-state index in [0.717, 1.165) is 25.9 Å². The second kappa shape index (κ2) is 4.74. The first-order chi connectivity index (χ1) is 8.90. The van der Waals surface area contributed by atoms with Crippen LogP contribution in [0.25, 0.3) is 11.6 Å². The molecular weight excluding hydrogens is 238 g/mol. The minimum absolute atomic E-state index is 0.236. The SMILES string of the molecule is OCn1nnnc1-c1nnnn1C1CCNCC1. The van der Waals surface area contributed by atoms with Gasteiger partial charge in [0.2, 0.25) is 11.6 Å². The molecule has 0 amide bonds. The van der Waals surface area contributed by atoms with Crippen molar-refractivity contribution in [2.75, 3.05) is 13.1 Å². The predicted octanol–water partition coefficient (Wildman–Crippen LogP) is -1.80. The van der Waals surface area contributed by atoms with E-state index >= 15 is 0 Å². The fourth-order valence-electron chi connectivity index (χ4n) is 2.10. The molecule has 0 unspecified atom stereocenters. The van der Waals surface area contributed by atoms with Crippen molar-refractivity contribution in [1.29, 1.82) is 0 Å². The van der Waals surface area contributed by atoms with Gasteiger partial charge in [-0.2, -0.15) is 4.68 Å². The lowest BCUT2D eigenvalue weighted by atomic mass is 10.1. The van der Waals surface area contributed by atoms with Gasteiger partial charge >= 0.3 is 0 Å². The molecule has 2 aromatic rings. The Balaban J connectivity index is 1.95. The van der Waals surface area contributed by atoms with Crippen molar-refractivity contribution in [1.82, 2.24) is 45.7 Å². The Bertz CT molecular complexity index is 514. The van der Waals surface area contributed by atoms with Gasteiger partial charge in [0.25, 0.3) is 0 Å². The molecule has 2 N–H and O–H groups in total. The second-order valence-corrected chi connectivity index (χ2v) is 4.07. The molecule has 3 rings (SSSR count). The Morgan fingerprint density at radius 1 is 1.11 bits per heavy atom. The molecule has 0 bridgehead atoms. The third kappa shape index (κ3) is 1.84. The first-order valence-electron chi connectivity index (χ1n) is 5.76. The molecule has 1 aliphatic heterocycles. The molecule has 0 aliphatic carbocycles. The fourth-order valence-corrected chi connectivity index (χ4v) is 2.10. The number of rotatable bonds is 3. The smallest absolute Gasteiger partial charge is 0.223 e. The summed E-state index contributed by atoms with van der Waals surface area (Å²) in [5.74, 6) is 0.863. The molecule has 10 nitrogen and oxygen atoms in total. The number of hydrogen-bond donors (Lipinski definition) is 2. The number of tetrazole rings is 2. The van der Waals surface area contributed by atoms with Crippen LogP contribution in [0.3, 0.4) is 0 Å². The van der Waals surface area contributed by atoms with Crippen LogP contribution in [0.5, 0.6) is 0 Å². The third-order valence-corrected chi connectivity index (χ3v) is 3.01. The Kier molecular flexibility index (Phi) is 2.94. The van der Waals surface area contributed by atoms with Gasteiger partial charge < -0.3 is 10.4 Å². The van der Waals surface area contributed by atoms with Crippen LogP contribution < -0.4 is 5.32 Å². The molecule has 18 heavy (non-hydrogen) atoms. The maximum absolute atomic E-state index is 9.14. The van der Waals surface area contributed by atoms with Gasteiger partial charge in [-0.1, -0.05) is 0 Å². The van der Waals surface area contributed by atoms with Gasteiger partial charge in [0.1, 0.15) is 6.73 Å². The summed E-state index contributed by atoms with van der Waals surface area (Å²) in [4.78, 5) is 0. The van der Waals surface area contributed by atoms with Crippen LogP contribution in [0, 0.1) is 0 Å². The zero-order chi connectivity index (χ0) is 12.4. The van der Waals surface area contributed by atoms with Crippen molar-refractivity contribution < 1.29 is 5.11 Å². The lowest BCUT2D eigenvalue weighted by Crippen LogP contribution is -2.30. The van der Waals surface area contributed by atoms with Crippen molar-refractivity contribution >= 4 is 0 Å². The van der Waals surface area contributed by atoms with E-state index in [1.54, 1.807) is 4.68 Å². The zero-order valence-corrected chi connectivity index (χ0v) is 9.64. The molecule has 1 saturated heterocycles. The summed E-state index contributed by atoms with van der Waals surface area (Å²) < 4.78 is 2.99. The first-order valence-corrected chi connectivity index (χ1v) is 5.76. The summed E-state index contributed by atoms with van der Waals surface area (Å²) in [6.45, 7) is 1.57. The number of aliphatic hydroxyl groups excluding tert-OH is 1. The monoisotopic (exact) mass is 251 g/mol. The van der Waals surface area contributed by atoms with Gasteiger partial charge in [-0.15, -0.1) is 10.2 Å². The Morgan fingerprint density at radius 2 is 1.83 bits per heavy atom. The molecule has 0 aromatic carbocycles. The molecule has 3 heterocycles. The Labute approximate surface area is 102 Å². The first kappa shape index (κ1) is 11.2. The summed E-state index contributed by atoms with van der Waals surface area (Å²) in [5, 5.41) is 35.1. The average molecular weight is 251 g/mol. The molecule has 0 saturated carbocycles. The topological polar surface area (TPSA) is 119 Å². The maximum Gasteiger partial charge on any atom is 0.223 e. The van der Waals surface area contributed by atoms with Crippen LogP contribution in [0.1, 0.15) is 18.9 Å². The van der Waals surface area contributed by atoms with Crippen molar-refractivity contribution in [3.8, 4) is 11.6 Å². The van der Waals surface area contributed by atoms with Crippen LogP contribution >= 0.6 is 0 Å². The Morgan fingerprint density at radius 3 is 2.61 bits per heavy atom. The summed E-state index contributed by atoms with van der Waals surface area (Å²) in [6.07, 6.45) is 1.91. The summed E-state index contributed by atoms with van der Waals surface area (Å²) in [5.41, 5.74) is 0. The molecule has 1 aliphatic rings. The van der Waals surface area contributed by atoms with Gasteiger partial charge in [0.05, 0.1) is 6.04 Å². The van der Waals surface area contributed by atoms with E-state index < -0.39 is 0 Å². The van der Waals surface area contributed by atoms with Crippen LogP contribution in [0.15, 0.2) is 0 Å². The van der Waals surface area contributed by atoms with Crippen molar-refractivity contribution in [2.24, 2.45) is 0 Å². The summed E-state index contributed by atoms with van der Waals surface area (Å²) in [6, 6.07) is 0.236. The van der Waals surface area contributed by atoms with Crippen LogP contribution in [0.2, 0.25) is 0 Å². The van der Waals surface area contributed by atoms with E-state index in [4.69, 9.17) is 5.11 Å². The molecule has 96 valence electrons. The largest absolute Gasteiger partial charge is 0.374 e. The highest BCUT2D eigenvalue weighted by Gasteiger charge is 2.23. The Hall–Kier alpha value is -1.94. The summed E-state index contributed by atoms with van der Waals surface area (Å²) in [7, 11) is 0. The molecule has 0 atom stereocenters. The number of nitrogens with zero attached hydrogens (tertiary/aromatic N) is 8. The van der Waals surface area contributed by atoms with Gasteiger partial charge in [0.15, 0.2) is 0 Å². The molecule has 2 aromatic heterocycles. The minimum Gasteiger partial charge on any atom is -0.374 e. The van der Waals surface area contributed by atoms with E-state index in [0.29, 0.717) is 11.6 Å². The highest BCUT2D eigenvalue weighted by atomic mass is 16.3. The van der Waals surface area contributed by atoms with E-state index in [-0.39, 0.29) is 12.8 Å². The van der Waals surface area contributed by atoms with Gasteiger partial charge in [-0.3, -0.25) is 0 Å². The van der Waals surface area contributed by atoms with Crippen molar-refractivity contribution in [3.05, 3.63) is 0 Å². The van der Waals surface area contributed by atoms with E-state index in [1.807, 2.05) is 0 Å².